The number of nitrogens with one attached hydrogen (secondary N) is 1. The number of anilines is 1. The van der Waals surface area contributed by atoms with E-state index in [2.05, 4.69) is 10.3 Å². The second-order valence-electron chi connectivity index (χ2n) is 4.50. The molecular formula is C16H16ClN3O2S. The lowest BCUT2D eigenvalue weighted by atomic mass is 10.3. The summed E-state index contributed by atoms with van der Waals surface area (Å²) < 4.78 is 10.6. The fourth-order valence-corrected chi connectivity index (χ4v) is 2.04. The zero-order chi connectivity index (χ0) is 16.7. The largest absolute Gasteiger partial charge is 0.497 e. The summed E-state index contributed by atoms with van der Waals surface area (Å²) in [6, 6.07) is 14.3. The summed E-state index contributed by atoms with van der Waals surface area (Å²) in [4.78, 5) is 4.08. The number of rotatable bonds is 5. The Bertz CT molecular complexity index is 687. The van der Waals surface area contributed by atoms with Crippen molar-refractivity contribution in [1.29, 1.82) is 0 Å². The van der Waals surface area contributed by atoms with Gasteiger partial charge >= 0.3 is 0 Å². The summed E-state index contributed by atoms with van der Waals surface area (Å²) >= 11 is 10.9. The highest BCUT2D eigenvalue weighted by molar-refractivity contribution is 7.80. The van der Waals surface area contributed by atoms with Crippen LogP contribution in [0, 0.1) is 0 Å². The summed E-state index contributed by atoms with van der Waals surface area (Å²) in [6.45, 7) is 0.134. The molecule has 2 aromatic carbocycles. The van der Waals surface area contributed by atoms with E-state index in [0.29, 0.717) is 10.8 Å². The van der Waals surface area contributed by atoms with E-state index in [1.54, 1.807) is 55.6 Å². The Balaban J connectivity index is 1.85. The number of hydrogen-bond donors (Lipinski definition) is 2. The smallest absolute Gasteiger partial charge is 0.199 e. The molecule has 0 unspecified atom stereocenters. The fraction of sp³-hybridized carbons (Fsp3) is 0.125. The number of aliphatic imine (C=N–C) groups is 1. The first-order chi connectivity index (χ1) is 11.1. The van der Waals surface area contributed by atoms with E-state index in [-0.39, 0.29) is 17.6 Å². The van der Waals surface area contributed by atoms with Crippen molar-refractivity contribution in [2.45, 2.75) is 0 Å². The first-order valence-corrected chi connectivity index (χ1v) is 7.52. The quantitative estimate of drug-likeness (QED) is 0.491. The lowest BCUT2D eigenvalue weighted by Crippen LogP contribution is -2.24. The summed E-state index contributed by atoms with van der Waals surface area (Å²) in [7, 11) is 1.61. The summed E-state index contributed by atoms with van der Waals surface area (Å²) in [5, 5.41) is 3.85. The molecule has 23 heavy (non-hydrogen) atoms. The van der Waals surface area contributed by atoms with Crippen molar-refractivity contribution in [3.63, 3.8) is 0 Å². The molecule has 7 heteroatoms. The number of thiocarbonyl (C=S) groups is 1. The van der Waals surface area contributed by atoms with Crippen molar-refractivity contribution in [2.75, 3.05) is 19.0 Å². The molecule has 5 nitrogen and oxygen atoms in total. The number of nitrogens with two attached hydrogens (primary N) is 1. The SMILES string of the molecule is COc1ccc(OC/C(N)=N/C(=S)Nc2ccc(Cl)cc2)cc1. The van der Waals surface area contributed by atoms with Crippen LogP contribution in [0.2, 0.25) is 5.02 Å². The Morgan fingerprint density at radius 1 is 1.13 bits per heavy atom. The third kappa shape index (κ3) is 5.77. The van der Waals surface area contributed by atoms with Gasteiger partial charge in [-0.25, -0.2) is 4.99 Å². The molecule has 0 aromatic heterocycles. The predicted molar refractivity (Wildman–Crippen MR) is 97.8 cm³/mol. The minimum atomic E-state index is 0.134. The van der Waals surface area contributed by atoms with E-state index >= 15 is 0 Å². The van der Waals surface area contributed by atoms with Crippen molar-refractivity contribution in [3.05, 3.63) is 53.6 Å². The van der Waals surface area contributed by atoms with Crippen LogP contribution in [0.1, 0.15) is 0 Å². The van der Waals surface area contributed by atoms with Crippen LogP contribution in [0.3, 0.4) is 0 Å². The number of hydrogen-bond acceptors (Lipinski definition) is 3. The van der Waals surface area contributed by atoms with Gasteiger partial charge in [-0.15, -0.1) is 0 Å². The van der Waals surface area contributed by atoms with Gasteiger partial charge in [0.25, 0.3) is 0 Å². The highest BCUT2D eigenvalue weighted by Crippen LogP contribution is 2.17. The molecule has 0 saturated carbocycles. The lowest BCUT2D eigenvalue weighted by Gasteiger charge is -2.08. The van der Waals surface area contributed by atoms with Crippen LogP contribution in [-0.4, -0.2) is 24.7 Å². The van der Waals surface area contributed by atoms with Gasteiger partial charge in [0.1, 0.15) is 23.9 Å². The van der Waals surface area contributed by atoms with Crippen LogP contribution in [0.15, 0.2) is 53.5 Å². The van der Waals surface area contributed by atoms with Gasteiger partial charge in [0.05, 0.1) is 7.11 Å². The molecule has 0 saturated heterocycles. The van der Waals surface area contributed by atoms with Gasteiger partial charge in [0, 0.05) is 10.7 Å². The number of halogens is 1. The van der Waals surface area contributed by atoms with E-state index in [1.807, 2.05) is 0 Å². The Labute approximate surface area is 145 Å². The molecule has 0 bridgehead atoms. The maximum atomic E-state index is 5.82. The third-order valence-electron chi connectivity index (χ3n) is 2.79. The molecular weight excluding hydrogens is 334 g/mol. The number of benzene rings is 2. The molecule has 2 rings (SSSR count). The van der Waals surface area contributed by atoms with Crippen molar-refractivity contribution in [2.24, 2.45) is 10.7 Å². The van der Waals surface area contributed by atoms with Crippen LogP contribution in [0.4, 0.5) is 5.69 Å². The second-order valence-corrected chi connectivity index (χ2v) is 5.33. The number of ether oxygens (including phenoxy) is 2. The molecule has 0 radical (unpaired) electrons. The van der Waals surface area contributed by atoms with Gasteiger partial charge in [0.2, 0.25) is 0 Å². The zero-order valence-corrected chi connectivity index (χ0v) is 14.0. The van der Waals surface area contributed by atoms with E-state index < -0.39 is 0 Å². The maximum absolute atomic E-state index is 5.82. The summed E-state index contributed by atoms with van der Waals surface area (Å²) in [5.41, 5.74) is 6.59. The third-order valence-corrected chi connectivity index (χ3v) is 3.23. The molecule has 0 heterocycles. The monoisotopic (exact) mass is 349 g/mol. The normalized spacial score (nSPS) is 11.0. The van der Waals surface area contributed by atoms with Crippen LogP contribution in [-0.2, 0) is 0 Å². The van der Waals surface area contributed by atoms with E-state index in [1.165, 1.54) is 0 Å². The minimum Gasteiger partial charge on any atom is -0.497 e. The van der Waals surface area contributed by atoms with Crippen molar-refractivity contribution in [1.82, 2.24) is 0 Å². The number of methoxy groups -OCH3 is 1. The summed E-state index contributed by atoms with van der Waals surface area (Å²) in [5.74, 6) is 1.69. The molecule has 3 N–H and O–H groups in total. The molecule has 0 aliphatic carbocycles. The van der Waals surface area contributed by atoms with Crippen LogP contribution in [0.25, 0.3) is 0 Å². The topological polar surface area (TPSA) is 68.9 Å². The van der Waals surface area contributed by atoms with Crippen LogP contribution >= 0.6 is 23.8 Å². The van der Waals surface area contributed by atoms with Crippen LogP contribution in [0.5, 0.6) is 11.5 Å². The van der Waals surface area contributed by atoms with E-state index in [0.717, 1.165) is 11.4 Å². The average Bonchev–Trinajstić information content (AvgIpc) is 2.55. The zero-order valence-electron chi connectivity index (χ0n) is 12.5. The van der Waals surface area contributed by atoms with Gasteiger partial charge in [-0.1, -0.05) is 11.6 Å². The van der Waals surface area contributed by atoms with Gasteiger partial charge in [0.15, 0.2) is 5.11 Å². The molecule has 0 aliphatic heterocycles. The van der Waals surface area contributed by atoms with Crippen molar-refractivity contribution in [3.8, 4) is 11.5 Å². The van der Waals surface area contributed by atoms with Crippen molar-refractivity contribution < 1.29 is 9.47 Å². The first kappa shape index (κ1) is 17.1. The van der Waals surface area contributed by atoms with Gasteiger partial charge in [-0.05, 0) is 60.7 Å². The van der Waals surface area contributed by atoms with E-state index in [4.69, 9.17) is 39.0 Å². The Morgan fingerprint density at radius 3 is 2.35 bits per heavy atom. The van der Waals surface area contributed by atoms with Gasteiger partial charge < -0.3 is 20.5 Å². The Hall–Kier alpha value is -2.31. The molecule has 0 atom stereocenters. The molecule has 0 fully saturated rings. The second kappa shape index (κ2) is 8.36. The lowest BCUT2D eigenvalue weighted by molar-refractivity contribution is 0.372. The Kier molecular flexibility index (Phi) is 6.19. The molecule has 0 aliphatic rings. The standard InChI is InChI=1S/C16H16ClN3O2S/c1-21-13-6-8-14(9-7-13)22-10-15(18)20-16(23)19-12-4-2-11(17)3-5-12/h2-9H,10H2,1H3,(H3,18,19,20,23). The maximum Gasteiger partial charge on any atom is 0.199 e. The first-order valence-electron chi connectivity index (χ1n) is 6.73. The molecule has 0 spiro atoms. The highest BCUT2D eigenvalue weighted by atomic mass is 35.5. The van der Waals surface area contributed by atoms with Crippen LogP contribution < -0.4 is 20.5 Å². The fourth-order valence-electron chi connectivity index (χ4n) is 1.68. The average molecular weight is 350 g/mol. The molecule has 0 amide bonds. The molecule has 120 valence electrons. The molecule has 2 aromatic rings. The highest BCUT2D eigenvalue weighted by Gasteiger charge is 2.01. The Morgan fingerprint density at radius 2 is 1.74 bits per heavy atom. The minimum absolute atomic E-state index is 0.134. The predicted octanol–water partition coefficient (Wildman–Crippen LogP) is 3.48. The van der Waals surface area contributed by atoms with Crippen molar-refractivity contribution >= 4 is 40.5 Å². The van der Waals surface area contributed by atoms with Gasteiger partial charge in [-0.2, -0.15) is 0 Å². The summed E-state index contributed by atoms with van der Waals surface area (Å²) in [6.07, 6.45) is 0. The number of nitrogens with zero attached hydrogens (tertiary/aromatic N) is 1. The van der Waals surface area contributed by atoms with Gasteiger partial charge in [-0.3, -0.25) is 0 Å². The number of amidine groups is 1. The van der Waals surface area contributed by atoms with E-state index in [9.17, 15) is 0 Å².